The molecule has 1 fully saturated rings. The fourth-order valence-corrected chi connectivity index (χ4v) is 2.54. The molecule has 1 aliphatic rings. The van der Waals surface area contributed by atoms with Crippen molar-refractivity contribution in [2.24, 2.45) is 0 Å². The first kappa shape index (κ1) is 16.3. The summed E-state index contributed by atoms with van der Waals surface area (Å²) in [4.78, 5) is 9.00. The molecule has 1 aromatic carbocycles. The molecular formula is C16H22N6O2. The molecule has 0 saturated carbocycles. The zero-order chi connectivity index (χ0) is 16.9. The van der Waals surface area contributed by atoms with Crippen LogP contribution in [-0.2, 0) is 0 Å². The number of anilines is 3. The number of hydrogen-bond donors (Lipinski definition) is 1. The van der Waals surface area contributed by atoms with Crippen LogP contribution in [0.1, 0.15) is 0 Å². The highest BCUT2D eigenvalue weighted by Crippen LogP contribution is 2.31. The van der Waals surface area contributed by atoms with E-state index in [-0.39, 0.29) is 0 Å². The Morgan fingerprint density at radius 3 is 2.58 bits per heavy atom. The van der Waals surface area contributed by atoms with Crippen molar-refractivity contribution >= 4 is 17.5 Å². The Morgan fingerprint density at radius 1 is 1.08 bits per heavy atom. The zero-order valence-electron chi connectivity index (χ0n) is 14.2. The van der Waals surface area contributed by atoms with Crippen LogP contribution in [0.4, 0.5) is 17.5 Å². The molecule has 0 bridgehead atoms. The number of nitrogens with zero attached hydrogens (tertiary/aromatic N) is 5. The van der Waals surface area contributed by atoms with Crippen LogP contribution in [0.2, 0.25) is 0 Å². The Morgan fingerprint density at radius 2 is 1.88 bits per heavy atom. The van der Waals surface area contributed by atoms with Gasteiger partial charge in [0.1, 0.15) is 11.5 Å². The molecule has 2 heterocycles. The van der Waals surface area contributed by atoms with Crippen molar-refractivity contribution in [1.82, 2.24) is 20.1 Å². The first-order valence-electron chi connectivity index (χ1n) is 7.82. The Hall–Kier alpha value is -2.61. The van der Waals surface area contributed by atoms with Crippen LogP contribution in [0, 0.1) is 0 Å². The molecule has 0 unspecified atom stereocenters. The number of piperazine rings is 1. The predicted molar refractivity (Wildman–Crippen MR) is 92.4 cm³/mol. The summed E-state index contributed by atoms with van der Waals surface area (Å²) in [6.07, 6.45) is 1.60. The number of benzene rings is 1. The van der Waals surface area contributed by atoms with Crippen molar-refractivity contribution in [2.45, 2.75) is 0 Å². The first-order chi connectivity index (χ1) is 11.7. The third kappa shape index (κ3) is 3.65. The van der Waals surface area contributed by atoms with Crippen LogP contribution in [0.15, 0.2) is 24.4 Å². The number of hydrogen-bond acceptors (Lipinski definition) is 8. The lowest BCUT2D eigenvalue weighted by atomic mass is 10.2. The average Bonchev–Trinajstić information content (AvgIpc) is 2.62. The molecular weight excluding hydrogens is 308 g/mol. The summed E-state index contributed by atoms with van der Waals surface area (Å²) < 4.78 is 10.6. The summed E-state index contributed by atoms with van der Waals surface area (Å²) in [6, 6.07) is 5.55. The van der Waals surface area contributed by atoms with E-state index in [0.717, 1.165) is 37.6 Å². The zero-order valence-corrected chi connectivity index (χ0v) is 14.2. The van der Waals surface area contributed by atoms with Crippen molar-refractivity contribution in [2.75, 3.05) is 57.7 Å². The third-order valence-electron chi connectivity index (χ3n) is 4.00. The second-order valence-electron chi connectivity index (χ2n) is 5.62. The van der Waals surface area contributed by atoms with E-state index >= 15 is 0 Å². The number of methoxy groups -OCH3 is 2. The van der Waals surface area contributed by atoms with E-state index in [4.69, 9.17) is 9.47 Å². The van der Waals surface area contributed by atoms with Crippen LogP contribution >= 0.6 is 0 Å². The molecule has 0 amide bonds. The Labute approximate surface area is 141 Å². The first-order valence-corrected chi connectivity index (χ1v) is 7.82. The molecule has 3 rings (SSSR count). The minimum Gasteiger partial charge on any atom is -0.497 e. The lowest BCUT2D eigenvalue weighted by Crippen LogP contribution is -2.45. The van der Waals surface area contributed by atoms with Gasteiger partial charge in [-0.1, -0.05) is 0 Å². The van der Waals surface area contributed by atoms with Gasteiger partial charge < -0.3 is 24.6 Å². The van der Waals surface area contributed by atoms with Crippen molar-refractivity contribution in [1.29, 1.82) is 0 Å². The van der Waals surface area contributed by atoms with Gasteiger partial charge >= 0.3 is 0 Å². The number of nitrogens with one attached hydrogen (secondary N) is 1. The quantitative estimate of drug-likeness (QED) is 0.881. The maximum Gasteiger partial charge on any atom is 0.247 e. The van der Waals surface area contributed by atoms with Gasteiger partial charge in [-0.2, -0.15) is 10.1 Å². The Balaban J connectivity index is 1.80. The van der Waals surface area contributed by atoms with Gasteiger partial charge in [0, 0.05) is 32.2 Å². The molecule has 1 N–H and O–H groups in total. The molecule has 2 aromatic rings. The molecule has 1 aliphatic heterocycles. The normalized spacial score (nSPS) is 15.2. The number of rotatable bonds is 5. The van der Waals surface area contributed by atoms with E-state index in [9.17, 15) is 0 Å². The van der Waals surface area contributed by atoms with Gasteiger partial charge in [-0.05, 0) is 19.2 Å². The van der Waals surface area contributed by atoms with Gasteiger partial charge in [-0.3, -0.25) is 0 Å². The highest BCUT2D eigenvalue weighted by Gasteiger charge is 2.17. The van der Waals surface area contributed by atoms with Crippen LogP contribution in [0.3, 0.4) is 0 Å². The van der Waals surface area contributed by atoms with E-state index in [2.05, 4.69) is 37.3 Å². The van der Waals surface area contributed by atoms with Crippen molar-refractivity contribution < 1.29 is 9.47 Å². The minimum atomic E-state index is 0.616. The summed E-state index contributed by atoms with van der Waals surface area (Å²) in [6.45, 7) is 3.77. The molecule has 0 atom stereocenters. The maximum absolute atomic E-state index is 5.38. The largest absolute Gasteiger partial charge is 0.497 e. The van der Waals surface area contributed by atoms with Gasteiger partial charge in [0.25, 0.3) is 0 Å². The molecule has 8 nitrogen and oxygen atoms in total. The van der Waals surface area contributed by atoms with Gasteiger partial charge in [0.2, 0.25) is 5.95 Å². The summed E-state index contributed by atoms with van der Waals surface area (Å²) in [5, 5.41) is 11.5. The smallest absolute Gasteiger partial charge is 0.247 e. The molecule has 0 aliphatic carbocycles. The van der Waals surface area contributed by atoms with E-state index in [1.54, 1.807) is 20.4 Å². The summed E-state index contributed by atoms with van der Waals surface area (Å²) in [5.74, 6) is 2.69. The molecule has 0 radical (unpaired) electrons. The minimum absolute atomic E-state index is 0.616. The van der Waals surface area contributed by atoms with Crippen molar-refractivity contribution in [3.63, 3.8) is 0 Å². The second kappa shape index (κ2) is 7.31. The van der Waals surface area contributed by atoms with Crippen molar-refractivity contribution in [3.05, 3.63) is 24.4 Å². The van der Waals surface area contributed by atoms with Crippen LogP contribution in [0.5, 0.6) is 11.5 Å². The molecule has 8 heteroatoms. The molecule has 1 saturated heterocycles. The molecule has 0 spiro atoms. The van der Waals surface area contributed by atoms with Gasteiger partial charge in [-0.25, -0.2) is 0 Å². The maximum atomic E-state index is 5.38. The van der Waals surface area contributed by atoms with E-state index in [1.807, 2.05) is 18.2 Å². The van der Waals surface area contributed by atoms with E-state index in [1.165, 1.54) is 0 Å². The van der Waals surface area contributed by atoms with Crippen LogP contribution < -0.4 is 19.7 Å². The molecule has 128 valence electrons. The Kier molecular flexibility index (Phi) is 4.95. The summed E-state index contributed by atoms with van der Waals surface area (Å²) in [7, 11) is 5.37. The number of ether oxygens (including phenoxy) is 2. The lowest BCUT2D eigenvalue weighted by molar-refractivity contribution is 0.311. The standard InChI is InChI=1S/C16H22N6O2/c1-21-6-8-22(9-7-21)16-19-15(11-17-20-16)18-13-10-12(23-2)4-5-14(13)24-3/h4-5,10-11H,6-9H2,1-3H3,(H,18,19,20). The predicted octanol–water partition coefficient (Wildman–Crippen LogP) is 1.38. The number of aromatic nitrogens is 3. The molecule has 24 heavy (non-hydrogen) atoms. The van der Waals surface area contributed by atoms with Gasteiger partial charge in [0.05, 0.1) is 26.1 Å². The highest BCUT2D eigenvalue weighted by atomic mass is 16.5. The van der Waals surface area contributed by atoms with Crippen LogP contribution in [0.25, 0.3) is 0 Å². The highest BCUT2D eigenvalue weighted by molar-refractivity contribution is 5.66. The fraction of sp³-hybridized carbons (Fsp3) is 0.438. The summed E-state index contributed by atoms with van der Waals surface area (Å²) >= 11 is 0. The Bertz CT molecular complexity index is 688. The monoisotopic (exact) mass is 330 g/mol. The number of likely N-dealkylation sites (N-methyl/N-ethyl adjacent to an activating group) is 1. The van der Waals surface area contributed by atoms with Crippen molar-refractivity contribution in [3.8, 4) is 11.5 Å². The van der Waals surface area contributed by atoms with Gasteiger partial charge in [-0.15, -0.1) is 5.10 Å². The average molecular weight is 330 g/mol. The summed E-state index contributed by atoms with van der Waals surface area (Å²) in [5.41, 5.74) is 0.765. The van der Waals surface area contributed by atoms with Gasteiger partial charge in [0.15, 0.2) is 5.82 Å². The topological polar surface area (TPSA) is 75.6 Å². The van der Waals surface area contributed by atoms with Crippen LogP contribution in [-0.4, -0.2) is 67.5 Å². The van der Waals surface area contributed by atoms with E-state index < -0.39 is 0 Å². The lowest BCUT2D eigenvalue weighted by Gasteiger charge is -2.32. The SMILES string of the molecule is COc1ccc(OC)c(Nc2cnnc(N3CCN(C)CC3)n2)c1. The second-order valence-corrected chi connectivity index (χ2v) is 5.62. The van der Waals surface area contributed by atoms with E-state index in [0.29, 0.717) is 17.5 Å². The molecule has 1 aromatic heterocycles. The third-order valence-corrected chi connectivity index (χ3v) is 4.00. The fourth-order valence-electron chi connectivity index (χ4n) is 2.54.